The fraction of sp³-hybridized carbons (Fsp3) is 0.891. The molecule has 0 aromatic rings. The van der Waals surface area contributed by atoms with Gasteiger partial charge in [0.25, 0.3) is 0 Å². The van der Waals surface area contributed by atoms with Gasteiger partial charge in [0.1, 0.15) is 54.9 Å². The molecule has 7 N–H and O–H groups in total. The minimum absolute atomic E-state index is 0.0614. The Bertz CT molecular complexity index is 1090. The molecule has 2 aliphatic heterocycles. The molecule has 11 atom stereocenters. The van der Waals surface area contributed by atoms with Gasteiger partial charge in [-0.25, -0.2) is 0 Å². The highest BCUT2D eigenvalue weighted by molar-refractivity contribution is 5.69. The minimum Gasteiger partial charge on any atom is -0.457 e. The molecule has 0 aliphatic carbocycles. The molecule has 14 nitrogen and oxygen atoms in total. The van der Waals surface area contributed by atoms with E-state index in [-0.39, 0.29) is 25.6 Å². The lowest BCUT2D eigenvalue weighted by atomic mass is 9.98. The summed E-state index contributed by atoms with van der Waals surface area (Å²) in [6.07, 6.45) is 18.6. The number of allylic oxidation sites excluding steroid dienone is 4. The lowest BCUT2D eigenvalue weighted by molar-refractivity contribution is -0.332. The summed E-state index contributed by atoms with van der Waals surface area (Å²) in [6.45, 7) is 3.58. The van der Waals surface area contributed by atoms with Crippen molar-refractivity contribution in [1.29, 1.82) is 0 Å². The Morgan fingerprint density at radius 2 is 1.03 bits per heavy atom. The van der Waals surface area contributed by atoms with Crippen molar-refractivity contribution in [3.05, 3.63) is 24.3 Å². The van der Waals surface area contributed by atoms with Crippen LogP contribution in [0.15, 0.2) is 24.3 Å². The maximum Gasteiger partial charge on any atom is 0.306 e. The fourth-order valence-corrected chi connectivity index (χ4v) is 7.31. The molecule has 2 fully saturated rings. The van der Waals surface area contributed by atoms with Crippen LogP contribution in [0, 0.1) is 0 Å². The average molecular weight is 861 g/mol. The van der Waals surface area contributed by atoms with Gasteiger partial charge in [-0.3, -0.25) is 4.79 Å². The Hall–Kier alpha value is -1.53. The van der Waals surface area contributed by atoms with Crippen LogP contribution >= 0.6 is 0 Å². The van der Waals surface area contributed by atoms with Gasteiger partial charge in [-0.05, 0) is 44.9 Å². The first kappa shape index (κ1) is 54.6. The largest absolute Gasteiger partial charge is 0.457 e. The van der Waals surface area contributed by atoms with Crippen molar-refractivity contribution in [3.8, 4) is 0 Å². The van der Waals surface area contributed by atoms with Crippen molar-refractivity contribution in [2.75, 3.05) is 33.0 Å². The van der Waals surface area contributed by atoms with Crippen molar-refractivity contribution in [3.63, 3.8) is 0 Å². The number of carbonyl (C=O) groups excluding carboxylic acids is 1. The van der Waals surface area contributed by atoms with Gasteiger partial charge in [0.15, 0.2) is 12.6 Å². The molecular weight excluding hydrogens is 776 g/mol. The molecule has 14 heteroatoms. The van der Waals surface area contributed by atoms with Crippen LogP contribution in [0.3, 0.4) is 0 Å². The third kappa shape index (κ3) is 23.2. The summed E-state index contributed by atoms with van der Waals surface area (Å²) in [4.78, 5) is 12.8. The molecule has 0 saturated carbocycles. The summed E-state index contributed by atoms with van der Waals surface area (Å²) < 4.78 is 34.0. The van der Waals surface area contributed by atoms with E-state index in [9.17, 15) is 40.5 Å². The highest BCUT2D eigenvalue weighted by Crippen LogP contribution is 2.26. The Balaban J connectivity index is 1.71. The Morgan fingerprint density at radius 1 is 0.550 bits per heavy atom. The summed E-state index contributed by atoms with van der Waals surface area (Å²) in [5.74, 6) is -0.387. The summed E-state index contributed by atoms with van der Waals surface area (Å²) in [5, 5.41) is 71.7. The first-order valence-corrected chi connectivity index (χ1v) is 23.4. The number of aliphatic hydroxyl groups is 7. The smallest absolute Gasteiger partial charge is 0.306 e. The number of esters is 1. The topological polar surface area (TPSA) is 214 Å². The first-order valence-electron chi connectivity index (χ1n) is 23.4. The van der Waals surface area contributed by atoms with E-state index in [1.807, 2.05) is 0 Å². The standard InChI is InChI=1S/C46H84O14/c1-3-5-7-9-11-12-13-14-15-16-17-18-19-20-21-22-23-24-26-28-30-55-32-35(58-38(48)29-27-25-10-8-6-4-2)33-56-45-44(54)42(52)40(50)37(60-45)34-57-46-43(53)41(51)39(49)36(31-47)59-46/h11-12,14-15,35-37,39-47,49-54H,3-10,13,16-34H2,1-2H3/b12-11-,15-14-. The monoisotopic (exact) mass is 861 g/mol. The molecule has 0 spiro atoms. The zero-order valence-corrected chi connectivity index (χ0v) is 36.9. The second-order valence-corrected chi connectivity index (χ2v) is 16.6. The number of hydrogen-bond acceptors (Lipinski definition) is 14. The molecule has 2 saturated heterocycles. The highest BCUT2D eigenvalue weighted by Gasteiger charge is 2.47. The van der Waals surface area contributed by atoms with Crippen LogP contribution in [0.5, 0.6) is 0 Å². The molecule has 0 bridgehead atoms. The predicted molar refractivity (Wildman–Crippen MR) is 229 cm³/mol. The molecule has 60 heavy (non-hydrogen) atoms. The van der Waals surface area contributed by atoms with E-state index in [0.717, 1.165) is 51.4 Å². The van der Waals surface area contributed by atoms with E-state index >= 15 is 0 Å². The minimum atomic E-state index is -1.70. The molecule has 2 rings (SSSR count). The third-order valence-electron chi connectivity index (χ3n) is 11.2. The number of ether oxygens (including phenoxy) is 6. The Morgan fingerprint density at radius 3 is 1.63 bits per heavy atom. The summed E-state index contributed by atoms with van der Waals surface area (Å²) in [7, 11) is 0. The average Bonchev–Trinajstić information content (AvgIpc) is 3.24. The van der Waals surface area contributed by atoms with Crippen molar-refractivity contribution in [2.45, 2.75) is 229 Å². The summed E-state index contributed by atoms with van der Waals surface area (Å²) in [5.41, 5.74) is 0. The predicted octanol–water partition coefficient (Wildman–Crippen LogP) is 5.68. The van der Waals surface area contributed by atoms with Crippen molar-refractivity contribution in [2.24, 2.45) is 0 Å². The van der Waals surface area contributed by atoms with E-state index in [1.54, 1.807) is 0 Å². The molecule has 2 aliphatic rings. The van der Waals surface area contributed by atoms with Gasteiger partial charge >= 0.3 is 5.97 Å². The van der Waals surface area contributed by atoms with Crippen molar-refractivity contribution >= 4 is 5.97 Å². The van der Waals surface area contributed by atoms with Gasteiger partial charge in [-0.1, -0.05) is 134 Å². The van der Waals surface area contributed by atoms with Crippen LogP contribution in [0.2, 0.25) is 0 Å². The summed E-state index contributed by atoms with van der Waals surface area (Å²) >= 11 is 0. The van der Waals surface area contributed by atoms with Gasteiger partial charge in [-0.2, -0.15) is 0 Å². The quantitative estimate of drug-likeness (QED) is 0.0230. The lowest BCUT2D eigenvalue weighted by Crippen LogP contribution is -2.61. The van der Waals surface area contributed by atoms with Gasteiger partial charge in [0, 0.05) is 13.0 Å². The van der Waals surface area contributed by atoms with Gasteiger partial charge < -0.3 is 64.2 Å². The normalized spacial score (nSPS) is 27.9. The van der Waals surface area contributed by atoms with Gasteiger partial charge in [0.2, 0.25) is 0 Å². The molecule has 0 radical (unpaired) electrons. The van der Waals surface area contributed by atoms with E-state index in [1.165, 1.54) is 83.5 Å². The zero-order chi connectivity index (χ0) is 43.8. The van der Waals surface area contributed by atoms with Crippen LogP contribution in [0.25, 0.3) is 0 Å². The number of aliphatic hydroxyl groups excluding tert-OH is 7. The molecule has 11 unspecified atom stereocenters. The summed E-state index contributed by atoms with van der Waals surface area (Å²) in [6, 6.07) is 0. The second kappa shape index (κ2) is 34.9. The fourth-order valence-electron chi connectivity index (χ4n) is 7.31. The molecule has 0 amide bonds. The second-order valence-electron chi connectivity index (χ2n) is 16.6. The third-order valence-corrected chi connectivity index (χ3v) is 11.2. The van der Waals surface area contributed by atoms with Crippen LogP contribution < -0.4 is 0 Å². The van der Waals surface area contributed by atoms with Crippen molar-refractivity contribution in [1.82, 2.24) is 0 Å². The lowest BCUT2D eigenvalue weighted by Gasteiger charge is -2.42. The Labute approximate surface area is 360 Å². The maximum atomic E-state index is 12.8. The SMILES string of the molecule is CCCCC/C=C\C/C=C\CCCCCCCCCCCCOCC(COC1OC(COC2OC(CO)C(O)C(O)C2O)C(O)C(O)C1O)OC(=O)CCCCCCCC. The first-order chi connectivity index (χ1) is 29.1. The van der Waals surface area contributed by atoms with E-state index < -0.39 is 80.7 Å². The van der Waals surface area contributed by atoms with Gasteiger partial charge in [0.05, 0.1) is 26.4 Å². The molecular formula is C46H84O14. The number of carbonyl (C=O) groups is 1. The number of hydrogen-bond donors (Lipinski definition) is 7. The molecule has 2 heterocycles. The van der Waals surface area contributed by atoms with E-state index in [2.05, 4.69) is 38.2 Å². The van der Waals surface area contributed by atoms with Gasteiger partial charge in [-0.15, -0.1) is 0 Å². The highest BCUT2D eigenvalue weighted by atomic mass is 16.7. The van der Waals surface area contributed by atoms with E-state index in [0.29, 0.717) is 13.0 Å². The number of unbranched alkanes of at least 4 members (excludes halogenated alkanes) is 18. The molecule has 0 aromatic heterocycles. The van der Waals surface area contributed by atoms with Crippen LogP contribution in [-0.4, -0.2) is 142 Å². The Kier molecular flexibility index (Phi) is 31.8. The van der Waals surface area contributed by atoms with Crippen LogP contribution in [-0.2, 0) is 33.2 Å². The maximum absolute atomic E-state index is 12.8. The molecule has 352 valence electrons. The number of rotatable bonds is 36. The zero-order valence-electron chi connectivity index (χ0n) is 36.9. The van der Waals surface area contributed by atoms with Crippen molar-refractivity contribution < 1.29 is 69.0 Å². The van der Waals surface area contributed by atoms with E-state index in [4.69, 9.17) is 28.4 Å². The van der Waals surface area contributed by atoms with Crippen LogP contribution in [0.4, 0.5) is 0 Å². The van der Waals surface area contributed by atoms with Crippen LogP contribution in [0.1, 0.15) is 162 Å². The molecule has 0 aromatic carbocycles.